The fraction of sp³-hybridized carbons (Fsp3) is 0.0357. The molecule has 0 aliphatic carbocycles. The van der Waals surface area contributed by atoms with E-state index in [2.05, 4.69) is 500 Å². The van der Waals surface area contributed by atoms with Crippen LogP contribution < -0.4 is 72.6 Å². The van der Waals surface area contributed by atoms with Gasteiger partial charge in [0.15, 0.2) is 16.1 Å². The Labute approximate surface area is 703 Å². The van der Waals surface area contributed by atoms with E-state index in [4.69, 9.17) is 0 Å². The van der Waals surface area contributed by atoms with Crippen LogP contribution in [0.15, 0.2) is 455 Å². The van der Waals surface area contributed by atoms with Gasteiger partial charge in [0, 0.05) is 78.3 Å². The van der Waals surface area contributed by atoms with Crippen molar-refractivity contribution in [1.82, 2.24) is 9.13 Å². The molecule has 4 heterocycles. The van der Waals surface area contributed by atoms with Gasteiger partial charge in [0.2, 0.25) is 0 Å². The molecule has 0 spiro atoms. The summed E-state index contributed by atoms with van der Waals surface area (Å²) >= 11 is 0. The molecule has 568 valence electrons. The zero-order chi connectivity index (χ0) is 80.0. The summed E-state index contributed by atoms with van der Waals surface area (Å²) < 4.78 is 4.89. The Bertz CT molecular complexity index is 6580. The van der Waals surface area contributed by atoms with Crippen molar-refractivity contribution in [2.24, 2.45) is 0 Å². The second-order valence-electron chi connectivity index (χ2n) is 33.0. The fourth-order valence-electron chi connectivity index (χ4n) is 20.2. The Kier molecular flexibility index (Phi) is 17.5. The van der Waals surface area contributed by atoms with Crippen molar-refractivity contribution in [3.8, 4) is 22.5 Å². The fourth-order valence-corrected chi connectivity index (χ4v) is 29.8. The van der Waals surface area contributed by atoms with Crippen LogP contribution in [0.4, 0.5) is 51.2 Å². The van der Waals surface area contributed by atoms with E-state index in [0.717, 1.165) is 73.7 Å². The maximum absolute atomic E-state index is 3.23. The molecule has 2 aromatic heterocycles. The minimum Gasteiger partial charge on any atom is -0.311 e. The van der Waals surface area contributed by atoms with Crippen LogP contribution >= 0.6 is 0 Å². The molecule has 0 amide bonds. The van der Waals surface area contributed by atoms with Crippen LogP contribution in [0.5, 0.6) is 0 Å². The lowest BCUT2D eigenvalue weighted by Crippen LogP contribution is -2.75. The normalized spacial score (nSPS) is 12.6. The van der Waals surface area contributed by atoms with Gasteiger partial charge in [0.05, 0.1) is 33.4 Å². The molecule has 2 aliphatic rings. The van der Waals surface area contributed by atoms with Crippen molar-refractivity contribution < 1.29 is 0 Å². The molecule has 0 atom stereocenters. The molecule has 0 bridgehead atoms. The number of aromatic nitrogens is 2. The van der Waals surface area contributed by atoms with E-state index in [0.29, 0.717) is 0 Å². The van der Waals surface area contributed by atoms with E-state index in [-0.39, 0.29) is 12.1 Å². The van der Waals surface area contributed by atoms with E-state index >= 15 is 0 Å². The quantitative estimate of drug-likeness (QED) is 0.0710. The Morgan fingerprint density at radius 3 is 0.908 bits per heavy atom. The Morgan fingerprint density at radius 1 is 0.250 bits per heavy atom. The van der Waals surface area contributed by atoms with Crippen molar-refractivity contribution in [3.05, 3.63) is 461 Å². The van der Waals surface area contributed by atoms with Gasteiger partial charge in [0.1, 0.15) is 0 Å². The summed E-state index contributed by atoms with van der Waals surface area (Å²) in [6, 6.07) is 173. The number of anilines is 9. The second-order valence-corrected chi connectivity index (χ2v) is 40.7. The Morgan fingerprint density at radius 2 is 0.558 bits per heavy atom. The van der Waals surface area contributed by atoms with Gasteiger partial charge < -0.3 is 23.8 Å². The lowest BCUT2D eigenvalue weighted by Gasteiger charge is -2.46. The van der Waals surface area contributed by atoms with Gasteiger partial charge >= 0.3 is 0 Å². The van der Waals surface area contributed by atoms with Crippen LogP contribution in [0.25, 0.3) is 66.1 Å². The molecule has 5 nitrogen and oxygen atoms in total. The largest absolute Gasteiger partial charge is 0.311 e. The molecule has 0 fully saturated rings. The molecule has 0 N–H and O–H groups in total. The summed E-state index contributed by atoms with van der Waals surface area (Å²) in [5.41, 5.74) is 23.6. The van der Waals surface area contributed by atoms with Crippen LogP contribution in [0.1, 0.15) is 26.3 Å². The van der Waals surface area contributed by atoms with Crippen LogP contribution in [0.2, 0.25) is 0 Å². The highest BCUT2D eigenvalue weighted by molar-refractivity contribution is 7.20. The van der Waals surface area contributed by atoms with E-state index in [1.54, 1.807) is 0 Å². The lowest BCUT2D eigenvalue weighted by atomic mass is 9.33. The van der Waals surface area contributed by atoms with Gasteiger partial charge in [-0.2, -0.15) is 0 Å². The van der Waals surface area contributed by atoms with Crippen LogP contribution in [0, 0.1) is 0 Å². The maximum atomic E-state index is 2.66. The van der Waals surface area contributed by atoms with Gasteiger partial charge in [-0.25, -0.2) is 0 Å². The summed E-state index contributed by atoms with van der Waals surface area (Å²) in [4.78, 5) is 7.86. The number of hydrogen-bond donors (Lipinski definition) is 0. The molecule has 8 heteroatoms. The number of para-hydroxylation sites is 6. The first-order valence-corrected chi connectivity index (χ1v) is 45.8. The number of benzene rings is 18. The van der Waals surface area contributed by atoms with Crippen LogP contribution in [0.3, 0.4) is 0 Å². The smallest absolute Gasteiger partial charge is 0.252 e. The van der Waals surface area contributed by atoms with E-state index in [1.165, 1.54) is 107 Å². The predicted octanol–water partition coefficient (Wildman–Crippen LogP) is 21.2. The van der Waals surface area contributed by atoms with Crippen molar-refractivity contribution in [2.75, 3.05) is 14.7 Å². The summed E-state index contributed by atoms with van der Waals surface area (Å²) in [7, 11) is -6.46. The second kappa shape index (κ2) is 29.3. The molecule has 0 radical (unpaired) electrons. The zero-order valence-corrected chi connectivity index (χ0v) is 69.1. The van der Waals surface area contributed by atoms with E-state index < -0.39 is 16.1 Å². The topological polar surface area (TPSA) is 19.6 Å². The average Bonchev–Trinajstić information content (AvgIpc) is 0.843. The molecule has 0 saturated heterocycles. The standard InChI is InChI=1S/C112H84BN5Si2/c1-112(2,3)80-61-59-79(60-62-80)95-49-25-30-54-102(95)114(81-35-11-4-12-36-81)86-75-109-111-110(76-86)118(85-69-65-83(66-70-85)116-105-57-33-28-52-98(105)99-53-29-34-58-106(99)116)108-78-94(120(90-43-19-8-20-44-90,91-45-21-9-22-46-91)92-47-23-10-24-48-92)72-74-101(108)113(111)100-73-71-93(119(87-37-13-5-14-38-87,88-39-15-6-16-40-88)89-41-17-7-18-42-89)77-107(100)117(109)84-67-63-82(64-68-84)115-103-55-31-26-50-96(103)97-51-27-32-56-104(97)115/h4-78H,1-3H3. The van der Waals surface area contributed by atoms with Crippen molar-refractivity contribution in [2.45, 2.75) is 26.2 Å². The van der Waals surface area contributed by atoms with E-state index in [9.17, 15) is 0 Å². The molecule has 2 aliphatic heterocycles. The lowest BCUT2D eigenvalue weighted by molar-refractivity contribution is 0.590. The maximum Gasteiger partial charge on any atom is 0.252 e. The number of nitrogens with zero attached hydrogens (tertiary/aromatic N) is 5. The summed E-state index contributed by atoms with van der Waals surface area (Å²) in [5, 5.41) is 15.4. The molecule has 20 aromatic rings. The Balaban J connectivity index is 0.881. The van der Waals surface area contributed by atoms with Gasteiger partial charge in [-0.3, -0.25) is 0 Å². The molecule has 0 unspecified atom stereocenters. The van der Waals surface area contributed by atoms with Crippen molar-refractivity contribution >= 4 is 176 Å². The number of rotatable bonds is 16. The van der Waals surface area contributed by atoms with Crippen molar-refractivity contribution in [1.29, 1.82) is 0 Å². The number of hydrogen-bond acceptors (Lipinski definition) is 3. The first-order valence-electron chi connectivity index (χ1n) is 41.8. The van der Waals surface area contributed by atoms with Crippen LogP contribution in [-0.4, -0.2) is 32.0 Å². The monoisotopic (exact) mass is 1570 g/mol. The first kappa shape index (κ1) is 72.0. The molecule has 22 rings (SSSR count). The third-order valence-corrected chi connectivity index (χ3v) is 35.1. The van der Waals surface area contributed by atoms with Gasteiger partial charge in [-0.1, -0.05) is 360 Å². The number of fused-ring (bicyclic) bond motifs is 10. The average molecular weight is 1570 g/mol. The summed E-state index contributed by atoms with van der Waals surface area (Å²) in [6.45, 7) is 6.61. The zero-order valence-electron chi connectivity index (χ0n) is 67.1. The van der Waals surface area contributed by atoms with Crippen LogP contribution in [-0.2, 0) is 5.41 Å². The molecular weight excluding hydrogens is 1480 g/mol. The SMILES string of the molecule is CC(C)(C)c1ccc(-c2ccccc2N(c2ccccc2)c2cc3c4c(c2)N(c2ccc(-n5c6ccccc6c6ccccc65)cc2)c2cc([Si](c5ccccc5)(c5ccccc5)c5ccccc5)ccc2B4c2ccc([Si](c4ccccc4)(c4ccccc4)c4ccccc4)cc2N3c2ccc(-n3c4ccccc4c4ccccc43)cc2)cc1. The first-order chi connectivity index (χ1) is 59.2. The highest BCUT2D eigenvalue weighted by Crippen LogP contribution is 2.51. The van der Waals surface area contributed by atoms with E-state index in [1.807, 2.05) is 0 Å². The molecule has 120 heavy (non-hydrogen) atoms. The predicted molar refractivity (Wildman–Crippen MR) is 515 cm³/mol. The van der Waals surface area contributed by atoms with Gasteiger partial charge in [0.25, 0.3) is 6.71 Å². The molecular formula is C112H84BN5Si2. The summed E-state index contributed by atoms with van der Waals surface area (Å²) in [5.74, 6) is 0. The minimum atomic E-state index is -3.23. The molecule has 18 aromatic carbocycles. The highest BCUT2D eigenvalue weighted by Gasteiger charge is 2.49. The summed E-state index contributed by atoms with van der Waals surface area (Å²) in [6.07, 6.45) is 0. The highest BCUT2D eigenvalue weighted by atomic mass is 28.3. The van der Waals surface area contributed by atoms with Crippen molar-refractivity contribution in [3.63, 3.8) is 0 Å². The van der Waals surface area contributed by atoms with Gasteiger partial charge in [-0.15, -0.1) is 0 Å². The molecule has 0 saturated carbocycles. The third-order valence-electron chi connectivity index (χ3n) is 25.5. The van der Waals surface area contributed by atoms with Gasteiger partial charge in [-0.05, 0) is 190 Å². The Hall–Kier alpha value is -14.5. The minimum absolute atomic E-state index is 0.0354. The third kappa shape index (κ3) is 11.6.